The summed E-state index contributed by atoms with van der Waals surface area (Å²) in [7, 11) is -3.42. The monoisotopic (exact) mass is 317 g/mol. The fourth-order valence-corrected chi connectivity index (χ4v) is 5.07. The van der Waals surface area contributed by atoms with Gasteiger partial charge in [0.2, 0.25) is 6.79 Å². The van der Waals surface area contributed by atoms with Crippen molar-refractivity contribution in [3.8, 4) is 11.5 Å². The van der Waals surface area contributed by atoms with Gasteiger partial charge in [0, 0.05) is 12.0 Å². The lowest BCUT2D eigenvalue weighted by atomic mass is 10.1. The lowest BCUT2D eigenvalue weighted by molar-refractivity contribution is 0.174. The summed E-state index contributed by atoms with van der Waals surface area (Å²) in [6.45, 7) is 0.196. The standard InChI is InChI=1S/C16H15NO4S/c17-15-14(10-6-7-12-13(8-10)21-9-20-12)16(15)22(18,19)11-4-2-1-3-5-11/h1-8,14-16H,9,17H2/t14-,15-,16-/m1/s1. The molecule has 1 aliphatic carbocycles. The molecule has 0 unspecified atom stereocenters. The summed E-state index contributed by atoms with van der Waals surface area (Å²) in [5.74, 6) is 1.12. The molecule has 0 bridgehead atoms. The third kappa shape index (κ3) is 1.99. The highest BCUT2D eigenvalue weighted by Gasteiger charge is 2.57. The van der Waals surface area contributed by atoms with Crippen LogP contribution >= 0.6 is 0 Å². The molecule has 2 aromatic rings. The second-order valence-corrected chi connectivity index (χ2v) is 7.64. The van der Waals surface area contributed by atoms with Gasteiger partial charge in [-0.2, -0.15) is 0 Å². The molecule has 4 rings (SSSR count). The summed E-state index contributed by atoms with van der Waals surface area (Å²) in [6.07, 6.45) is 0. The Labute approximate surface area is 128 Å². The molecule has 1 fully saturated rings. The Morgan fingerprint density at radius 3 is 2.50 bits per heavy atom. The van der Waals surface area contributed by atoms with Gasteiger partial charge in [0.25, 0.3) is 0 Å². The zero-order valence-electron chi connectivity index (χ0n) is 11.7. The van der Waals surface area contributed by atoms with Crippen LogP contribution in [0.5, 0.6) is 11.5 Å². The van der Waals surface area contributed by atoms with Gasteiger partial charge in [-0.1, -0.05) is 24.3 Å². The average molecular weight is 317 g/mol. The van der Waals surface area contributed by atoms with Gasteiger partial charge in [-0.3, -0.25) is 0 Å². The van der Waals surface area contributed by atoms with Crippen molar-refractivity contribution in [1.29, 1.82) is 0 Å². The van der Waals surface area contributed by atoms with Crippen molar-refractivity contribution in [3.05, 3.63) is 54.1 Å². The first-order chi connectivity index (χ1) is 10.6. The molecule has 2 aliphatic rings. The lowest BCUT2D eigenvalue weighted by Crippen LogP contribution is -2.15. The van der Waals surface area contributed by atoms with Crippen molar-refractivity contribution in [2.75, 3.05) is 6.79 Å². The summed E-state index contributed by atoms with van der Waals surface area (Å²) in [6, 6.07) is 13.5. The molecule has 1 saturated carbocycles. The van der Waals surface area contributed by atoms with Crippen LogP contribution in [-0.2, 0) is 9.84 Å². The van der Waals surface area contributed by atoms with E-state index in [9.17, 15) is 8.42 Å². The SMILES string of the molecule is N[C@@H]1[C@@H](c2ccc3c(c2)OCO3)[C@H]1S(=O)(=O)c1ccccc1. The summed E-state index contributed by atoms with van der Waals surface area (Å²) in [4.78, 5) is 0.318. The van der Waals surface area contributed by atoms with E-state index in [1.54, 1.807) is 36.4 Å². The minimum atomic E-state index is -3.42. The Hall–Kier alpha value is -2.05. The molecule has 0 amide bonds. The molecule has 0 saturated heterocycles. The number of hydrogen-bond donors (Lipinski definition) is 1. The first-order valence-electron chi connectivity index (χ1n) is 7.03. The summed E-state index contributed by atoms with van der Waals surface area (Å²) < 4.78 is 36.0. The Kier molecular flexibility index (Phi) is 2.92. The normalized spacial score (nSPS) is 26.0. The molecule has 0 aromatic heterocycles. The fourth-order valence-electron chi connectivity index (χ4n) is 3.00. The second kappa shape index (κ2) is 4.72. The minimum Gasteiger partial charge on any atom is -0.454 e. The predicted molar refractivity (Wildman–Crippen MR) is 80.7 cm³/mol. The molecule has 2 aromatic carbocycles. The largest absolute Gasteiger partial charge is 0.454 e. The minimum absolute atomic E-state index is 0.196. The van der Waals surface area contributed by atoms with Gasteiger partial charge in [-0.15, -0.1) is 0 Å². The Bertz CT molecular complexity index is 819. The van der Waals surface area contributed by atoms with E-state index in [1.807, 2.05) is 12.1 Å². The highest BCUT2D eigenvalue weighted by molar-refractivity contribution is 7.92. The number of nitrogens with two attached hydrogens (primary N) is 1. The Balaban J connectivity index is 1.66. The molecule has 5 nitrogen and oxygen atoms in total. The van der Waals surface area contributed by atoms with Gasteiger partial charge in [-0.05, 0) is 29.8 Å². The van der Waals surface area contributed by atoms with Gasteiger partial charge in [0.15, 0.2) is 21.3 Å². The van der Waals surface area contributed by atoms with E-state index in [-0.39, 0.29) is 12.7 Å². The lowest BCUT2D eigenvalue weighted by Gasteiger charge is -2.04. The zero-order valence-corrected chi connectivity index (χ0v) is 12.5. The molecule has 1 aliphatic heterocycles. The topological polar surface area (TPSA) is 78.6 Å². The van der Waals surface area contributed by atoms with Gasteiger partial charge in [0.1, 0.15) is 0 Å². The quantitative estimate of drug-likeness (QED) is 0.932. The maximum atomic E-state index is 12.7. The van der Waals surface area contributed by atoms with Gasteiger partial charge >= 0.3 is 0 Å². The van der Waals surface area contributed by atoms with Crippen molar-refractivity contribution in [1.82, 2.24) is 0 Å². The van der Waals surface area contributed by atoms with E-state index in [0.717, 1.165) is 5.56 Å². The first kappa shape index (κ1) is 13.6. The molecule has 3 atom stereocenters. The van der Waals surface area contributed by atoms with E-state index in [0.29, 0.717) is 16.4 Å². The smallest absolute Gasteiger partial charge is 0.231 e. The Morgan fingerprint density at radius 2 is 1.73 bits per heavy atom. The van der Waals surface area contributed by atoms with Crippen LogP contribution in [0.25, 0.3) is 0 Å². The molecular weight excluding hydrogens is 302 g/mol. The van der Waals surface area contributed by atoms with Gasteiger partial charge < -0.3 is 15.2 Å². The van der Waals surface area contributed by atoms with Crippen LogP contribution in [0.15, 0.2) is 53.4 Å². The van der Waals surface area contributed by atoms with Gasteiger partial charge in [-0.25, -0.2) is 8.42 Å². The predicted octanol–water partition coefficient (Wildman–Crippen LogP) is 1.68. The molecule has 0 radical (unpaired) electrons. The summed E-state index contributed by atoms with van der Waals surface area (Å²) >= 11 is 0. The van der Waals surface area contributed by atoms with Crippen LogP contribution in [0.4, 0.5) is 0 Å². The Morgan fingerprint density at radius 1 is 1.00 bits per heavy atom. The number of benzene rings is 2. The molecule has 0 spiro atoms. The van der Waals surface area contributed by atoms with Crippen LogP contribution < -0.4 is 15.2 Å². The third-order valence-electron chi connectivity index (χ3n) is 4.22. The molecular formula is C16H15NO4S. The summed E-state index contributed by atoms with van der Waals surface area (Å²) in [5, 5.41) is -0.588. The van der Waals surface area contributed by atoms with Crippen molar-refractivity contribution in [3.63, 3.8) is 0 Å². The highest BCUT2D eigenvalue weighted by Crippen LogP contribution is 2.49. The molecule has 22 heavy (non-hydrogen) atoms. The van der Waals surface area contributed by atoms with E-state index in [2.05, 4.69) is 0 Å². The number of fused-ring (bicyclic) bond motifs is 1. The van der Waals surface area contributed by atoms with Gasteiger partial charge in [0.05, 0.1) is 10.1 Å². The van der Waals surface area contributed by atoms with E-state index >= 15 is 0 Å². The average Bonchev–Trinajstić information content (AvgIpc) is 3.01. The van der Waals surface area contributed by atoms with E-state index < -0.39 is 21.1 Å². The second-order valence-electron chi connectivity index (χ2n) is 5.54. The van der Waals surface area contributed by atoms with Crippen LogP contribution in [0.3, 0.4) is 0 Å². The number of ether oxygens (including phenoxy) is 2. The van der Waals surface area contributed by atoms with Crippen LogP contribution in [0, 0.1) is 0 Å². The molecule has 2 N–H and O–H groups in total. The van der Waals surface area contributed by atoms with E-state index in [1.165, 1.54) is 0 Å². The van der Waals surface area contributed by atoms with Crippen molar-refractivity contribution in [2.24, 2.45) is 5.73 Å². The highest BCUT2D eigenvalue weighted by atomic mass is 32.2. The zero-order chi connectivity index (χ0) is 15.3. The number of hydrogen-bond acceptors (Lipinski definition) is 5. The van der Waals surface area contributed by atoms with Crippen molar-refractivity contribution < 1.29 is 17.9 Å². The maximum Gasteiger partial charge on any atom is 0.231 e. The van der Waals surface area contributed by atoms with Crippen LogP contribution in [-0.4, -0.2) is 26.5 Å². The number of rotatable bonds is 3. The van der Waals surface area contributed by atoms with Crippen LogP contribution in [0.1, 0.15) is 11.5 Å². The van der Waals surface area contributed by atoms with Crippen molar-refractivity contribution in [2.45, 2.75) is 22.1 Å². The summed E-state index contributed by atoms with van der Waals surface area (Å²) in [5.41, 5.74) is 6.94. The third-order valence-corrected chi connectivity index (χ3v) is 6.47. The number of sulfone groups is 1. The molecule has 114 valence electrons. The van der Waals surface area contributed by atoms with E-state index in [4.69, 9.17) is 15.2 Å². The molecule has 1 heterocycles. The van der Waals surface area contributed by atoms with Crippen LogP contribution in [0.2, 0.25) is 0 Å². The fraction of sp³-hybridized carbons (Fsp3) is 0.250. The maximum absolute atomic E-state index is 12.7. The van der Waals surface area contributed by atoms with Crippen molar-refractivity contribution >= 4 is 9.84 Å². The molecule has 6 heteroatoms. The first-order valence-corrected chi connectivity index (χ1v) is 8.58.